The Balaban J connectivity index is 1.49. The van der Waals surface area contributed by atoms with E-state index in [1.165, 1.54) is 33.6 Å². The number of thioether (sulfide) groups is 1. The van der Waals surface area contributed by atoms with Gasteiger partial charge in [0.2, 0.25) is 5.91 Å². The minimum absolute atomic E-state index is 0.0487. The summed E-state index contributed by atoms with van der Waals surface area (Å²) in [6, 6.07) is 1.78. The number of carbonyl (C=O) groups excluding carboxylic acids is 1. The van der Waals surface area contributed by atoms with Crippen LogP contribution in [-0.4, -0.2) is 40.2 Å². The zero-order chi connectivity index (χ0) is 15.4. The third-order valence-electron chi connectivity index (χ3n) is 3.50. The summed E-state index contributed by atoms with van der Waals surface area (Å²) in [5.74, 6) is 1.01. The molecule has 2 aromatic rings. The van der Waals surface area contributed by atoms with Gasteiger partial charge in [-0.25, -0.2) is 4.98 Å². The number of aromatic nitrogens is 2. The van der Waals surface area contributed by atoms with E-state index in [-0.39, 0.29) is 17.5 Å². The summed E-state index contributed by atoms with van der Waals surface area (Å²) >= 11 is 2.92. The molecule has 8 heteroatoms. The van der Waals surface area contributed by atoms with Gasteiger partial charge in [-0.15, -0.1) is 23.1 Å². The lowest BCUT2D eigenvalue weighted by molar-refractivity contribution is -0.119. The molecule has 3 heterocycles. The maximum absolute atomic E-state index is 11.9. The zero-order valence-corrected chi connectivity index (χ0v) is 13.7. The summed E-state index contributed by atoms with van der Waals surface area (Å²) < 4.78 is 1.53. The molecule has 0 spiro atoms. The molecule has 3 rings (SSSR count). The SMILES string of the molecule is O=C(CSCc1cc(=O)n2ccsc2n1)N[C@H]1CCCNC1. The van der Waals surface area contributed by atoms with Gasteiger partial charge in [0.25, 0.3) is 5.56 Å². The number of piperidine rings is 1. The molecule has 0 unspecified atom stereocenters. The molecule has 1 aliphatic heterocycles. The highest BCUT2D eigenvalue weighted by Gasteiger charge is 2.15. The quantitative estimate of drug-likeness (QED) is 0.846. The minimum atomic E-state index is -0.0698. The number of carbonyl (C=O) groups is 1. The van der Waals surface area contributed by atoms with E-state index >= 15 is 0 Å². The average molecular weight is 338 g/mol. The van der Waals surface area contributed by atoms with E-state index < -0.39 is 0 Å². The van der Waals surface area contributed by atoms with Crippen LogP contribution in [0.4, 0.5) is 0 Å². The van der Waals surface area contributed by atoms with Gasteiger partial charge in [0.05, 0.1) is 11.4 Å². The standard InChI is InChI=1S/C14H18N4O2S2/c19-12(16-10-2-1-3-15-7-10)9-21-8-11-6-13(20)18-4-5-22-14(18)17-11/h4-6,10,15H,1-3,7-9H2,(H,16,19)/t10-/m0/s1. The number of nitrogens with zero attached hydrogens (tertiary/aromatic N) is 2. The molecule has 0 aromatic carbocycles. The largest absolute Gasteiger partial charge is 0.351 e. The van der Waals surface area contributed by atoms with Crippen molar-refractivity contribution in [1.82, 2.24) is 20.0 Å². The molecule has 2 N–H and O–H groups in total. The van der Waals surface area contributed by atoms with Crippen LogP contribution < -0.4 is 16.2 Å². The van der Waals surface area contributed by atoms with Crippen molar-refractivity contribution in [3.05, 3.63) is 33.7 Å². The van der Waals surface area contributed by atoms with Crippen molar-refractivity contribution in [2.75, 3.05) is 18.8 Å². The molecule has 1 atom stereocenters. The van der Waals surface area contributed by atoms with Crippen LogP contribution in [0.5, 0.6) is 0 Å². The predicted octanol–water partition coefficient (Wildman–Crippen LogP) is 0.857. The highest BCUT2D eigenvalue weighted by molar-refractivity contribution is 7.99. The van der Waals surface area contributed by atoms with Crippen molar-refractivity contribution in [3.8, 4) is 0 Å². The maximum atomic E-state index is 11.9. The first kappa shape index (κ1) is 15.5. The topological polar surface area (TPSA) is 75.5 Å². The van der Waals surface area contributed by atoms with E-state index in [2.05, 4.69) is 15.6 Å². The fraction of sp³-hybridized carbons (Fsp3) is 0.500. The molecule has 0 bridgehead atoms. The molecule has 118 valence electrons. The van der Waals surface area contributed by atoms with E-state index in [9.17, 15) is 9.59 Å². The molecule has 1 fully saturated rings. The van der Waals surface area contributed by atoms with Gasteiger partial charge in [-0.05, 0) is 19.4 Å². The molecule has 0 saturated carbocycles. The summed E-state index contributed by atoms with van der Waals surface area (Å²) in [6.07, 6.45) is 3.86. The average Bonchev–Trinajstić information content (AvgIpc) is 2.97. The molecule has 1 aliphatic rings. The number of hydrogen-bond acceptors (Lipinski definition) is 6. The van der Waals surface area contributed by atoms with Crippen molar-refractivity contribution < 1.29 is 4.79 Å². The lowest BCUT2D eigenvalue weighted by atomic mass is 10.1. The first-order valence-corrected chi connectivity index (χ1v) is 9.29. The maximum Gasteiger partial charge on any atom is 0.258 e. The Morgan fingerprint density at radius 1 is 1.59 bits per heavy atom. The summed E-state index contributed by atoms with van der Waals surface area (Å²) in [5.41, 5.74) is 0.657. The monoisotopic (exact) mass is 338 g/mol. The van der Waals surface area contributed by atoms with Gasteiger partial charge in [0.1, 0.15) is 0 Å². The summed E-state index contributed by atoms with van der Waals surface area (Å²) in [5, 5.41) is 8.15. The fourth-order valence-corrected chi connectivity index (χ4v) is 3.92. The first-order valence-electron chi connectivity index (χ1n) is 7.26. The molecule has 1 saturated heterocycles. The van der Waals surface area contributed by atoms with E-state index in [0.29, 0.717) is 16.5 Å². The van der Waals surface area contributed by atoms with Crippen molar-refractivity contribution in [2.24, 2.45) is 0 Å². The minimum Gasteiger partial charge on any atom is -0.351 e. The Bertz CT molecular complexity index is 706. The smallest absolute Gasteiger partial charge is 0.258 e. The summed E-state index contributed by atoms with van der Waals surface area (Å²) in [4.78, 5) is 28.9. The van der Waals surface area contributed by atoms with Gasteiger partial charge in [-0.1, -0.05) is 0 Å². The second-order valence-electron chi connectivity index (χ2n) is 5.24. The van der Waals surface area contributed by atoms with Crippen LogP contribution in [0.1, 0.15) is 18.5 Å². The van der Waals surface area contributed by atoms with Crippen LogP contribution in [0.15, 0.2) is 22.4 Å². The van der Waals surface area contributed by atoms with Crippen LogP contribution in [0.3, 0.4) is 0 Å². The molecule has 0 aliphatic carbocycles. The van der Waals surface area contributed by atoms with Crippen LogP contribution in [0, 0.1) is 0 Å². The highest BCUT2D eigenvalue weighted by atomic mass is 32.2. The lowest BCUT2D eigenvalue weighted by Gasteiger charge is -2.23. The Hall–Kier alpha value is -1.38. The number of nitrogens with one attached hydrogen (secondary N) is 2. The van der Waals surface area contributed by atoms with E-state index in [1.807, 2.05) is 5.38 Å². The van der Waals surface area contributed by atoms with Gasteiger partial charge in [0.15, 0.2) is 4.96 Å². The Labute approximate surface area is 136 Å². The van der Waals surface area contributed by atoms with Gasteiger partial charge in [-0.3, -0.25) is 14.0 Å². The van der Waals surface area contributed by atoms with Crippen LogP contribution in [0.2, 0.25) is 0 Å². The van der Waals surface area contributed by atoms with Crippen LogP contribution in [0.25, 0.3) is 4.96 Å². The van der Waals surface area contributed by atoms with Crippen molar-refractivity contribution in [2.45, 2.75) is 24.6 Å². The summed E-state index contributed by atoms with van der Waals surface area (Å²) in [6.45, 7) is 1.89. The molecular formula is C14H18N4O2S2. The normalized spacial score (nSPS) is 18.5. The van der Waals surface area contributed by atoms with Crippen molar-refractivity contribution >= 4 is 34.0 Å². The zero-order valence-electron chi connectivity index (χ0n) is 12.1. The third-order valence-corrected chi connectivity index (χ3v) is 5.22. The summed E-state index contributed by atoms with van der Waals surface area (Å²) in [7, 11) is 0. The molecule has 1 amide bonds. The first-order chi connectivity index (χ1) is 10.7. The highest BCUT2D eigenvalue weighted by Crippen LogP contribution is 2.12. The number of fused-ring (bicyclic) bond motifs is 1. The third kappa shape index (κ3) is 3.88. The van der Waals surface area contributed by atoms with Crippen LogP contribution in [-0.2, 0) is 10.5 Å². The van der Waals surface area contributed by atoms with Crippen molar-refractivity contribution in [3.63, 3.8) is 0 Å². The molecule has 0 radical (unpaired) electrons. The van der Waals surface area contributed by atoms with Gasteiger partial charge in [-0.2, -0.15) is 0 Å². The molecule has 22 heavy (non-hydrogen) atoms. The number of amides is 1. The fourth-order valence-electron chi connectivity index (χ4n) is 2.45. The molecule has 6 nitrogen and oxygen atoms in total. The Morgan fingerprint density at radius 2 is 2.50 bits per heavy atom. The van der Waals surface area contributed by atoms with Gasteiger partial charge >= 0.3 is 0 Å². The number of thiazole rings is 1. The Morgan fingerprint density at radius 3 is 3.32 bits per heavy atom. The predicted molar refractivity (Wildman–Crippen MR) is 89.5 cm³/mol. The lowest BCUT2D eigenvalue weighted by Crippen LogP contribution is -2.46. The second-order valence-corrected chi connectivity index (χ2v) is 7.10. The molecular weight excluding hydrogens is 320 g/mol. The van der Waals surface area contributed by atoms with Crippen molar-refractivity contribution in [1.29, 1.82) is 0 Å². The van der Waals surface area contributed by atoms with Gasteiger partial charge < -0.3 is 10.6 Å². The number of hydrogen-bond donors (Lipinski definition) is 2. The van der Waals surface area contributed by atoms with Gasteiger partial charge in [0, 0.05) is 36.0 Å². The van der Waals surface area contributed by atoms with E-state index in [1.54, 1.807) is 6.20 Å². The van der Waals surface area contributed by atoms with Crippen LogP contribution >= 0.6 is 23.1 Å². The molecule has 2 aromatic heterocycles. The Kier molecular flexibility index (Phi) is 5.12. The van der Waals surface area contributed by atoms with E-state index in [0.717, 1.165) is 31.6 Å². The number of rotatable bonds is 5. The second kappa shape index (κ2) is 7.26. The van der Waals surface area contributed by atoms with E-state index in [4.69, 9.17) is 0 Å².